The van der Waals surface area contributed by atoms with Crippen molar-refractivity contribution in [3.05, 3.63) is 29.2 Å². The maximum atomic E-state index is 4.58. The Kier molecular flexibility index (Phi) is 6.06. The Balaban J connectivity index is 1.55. The molecule has 0 amide bonds. The van der Waals surface area contributed by atoms with Crippen LogP contribution in [-0.4, -0.2) is 48.6 Å². The largest absolute Gasteiger partial charge is 0.341 e. The van der Waals surface area contributed by atoms with E-state index < -0.39 is 0 Å². The van der Waals surface area contributed by atoms with Crippen molar-refractivity contribution in [2.24, 2.45) is 5.92 Å². The standard InChI is InChI=1S/C20H26N4S/c1-23(2)11-4-5-16-6-8-19(9-7-16)24(3)20-21-13-18(14-22-20)17-10-12-25-15-17/h10,12-16,19H,6-9,11H2,1-3H3/t16-,19-. The zero-order valence-electron chi connectivity index (χ0n) is 15.3. The Morgan fingerprint density at radius 2 is 1.80 bits per heavy atom. The van der Waals surface area contributed by atoms with E-state index in [-0.39, 0.29) is 0 Å². The van der Waals surface area contributed by atoms with E-state index in [1.165, 1.54) is 18.4 Å². The van der Waals surface area contributed by atoms with Gasteiger partial charge in [0.15, 0.2) is 0 Å². The van der Waals surface area contributed by atoms with Crippen molar-refractivity contribution in [1.29, 1.82) is 0 Å². The molecule has 0 unspecified atom stereocenters. The topological polar surface area (TPSA) is 32.3 Å². The van der Waals surface area contributed by atoms with Gasteiger partial charge >= 0.3 is 0 Å². The molecular formula is C20H26N4S. The van der Waals surface area contributed by atoms with Gasteiger partial charge < -0.3 is 4.90 Å². The number of hydrogen-bond acceptors (Lipinski definition) is 5. The van der Waals surface area contributed by atoms with Crippen LogP contribution in [0.3, 0.4) is 0 Å². The van der Waals surface area contributed by atoms with E-state index in [2.05, 4.69) is 69.6 Å². The molecule has 1 fully saturated rings. The van der Waals surface area contributed by atoms with Crippen LogP contribution < -0.4 is 4.90 Å². The van der Waals surface area contributed by atoms with Crippen LogP contribution in [0.4, 0.5) is 5.95 Å². The number of thiophene rings is 1. The lowest BCUT2D eigenvalue weighted by molar-refractivity contribution is 0.371. The number of nitrogens with zero attached hydrogens (tertiary/aromatic N) is 4. The van der Waals surface area contributed by atoms with Gasteiger partial charge in [0.2, 0.25) is 5.95 Å². The van der Waals surface area contributed by atoms with Gasteiger partial charge in [-0.3, -0.25) is 4.90 Å². The Labute approximate surface area is 154 Å². The van der Waals surface area contributed by atoms with Gasteiger partial charge in [0.1, 0.15) is 0 Å². The molecule has 2 aromatic heterocycles. The summed E-state index contributed by atoms with van der Waals surface area (Å²) in [5.74, 6) is 8.09. The van der Waals surface area contributed by atoms with Gasteiger partial charge in [0.05, 0.1) is 6.54 Å². The minimum Gasteiger partial charge on any atom is -0.341 e. The highest BCUT2D eigenvalue weighted by Gasteiger charge is 2.24. The Morgan fingerprint density at radius 3 is 2.40 bits per heavy atom. The second kappa shape index (κ2) is 8.46. The van der Waals surface area contributed by atoms with Gasteiger partial charge in [-0.2, -0.15) is 11.3 Å². The van der Waals surface area contributed by atoms with Crippen LogP contribution in [0.1, 0.15) is 25.7 Å². The fourth-order valence-corrected chi connectivity index (χ4v) is 3.87. The number of anilines is 1. The lowest BCUT2D eigenvalue weighted by atomic mass is 9.86. The lowest BCUT2D eigenvalue weighted by Crippen LogP contribution is -2.36. The highest BCUT2D eigenvalue weighted by molar-refractivity contribution is 7.08. The van der Waals surface area contributed by atoms with Crippen LogP contribution in [0.25, 0.3) is 11.1 Å². The minimum absolute atomic E-state index is 0.513. The van der Waals surface area contributed by atoms with Crippen LogP contribution >= 0.6 is 11.3 Å². The molecule has 0 aliphatic heterocycles. The Hall–Kier alpha value is -1.90. The van der Waals surface area contributed by atoms with Crippen LogP contribution in [0, 0.1) is 17.8 Å². The molecule has 0 atom stereocenters. The maximum Gasteiger partial charge on any atom is 0.225 e. The van der Waals surface area contributed by atoms with Crippen LogP contribution in [0.15, 0.2) is 29.2 Å². The molecule has 2 heterocycles. The minimum atomic E-state index is 0.513. The molecule has 132 valence electrons. The molecule has 1 aliphatic rings. The zero-order valence-corrected chi connectivity index (χ0v) is 16.1. The van der Waals surface area contributed by atoms with Crippen molar-refractivity contribution < 1.29 is 0 Å². The highest BCUT2D eigenvalue weighted by atomic mass is 32.1. The smallest absolute Gasteiger partial charge is 0.225 e. The summed E-state index contributed by atoms with van der Waals surface area (Å²) >= 11 is 1.70. The number of aromatic nitrogens is 2. The van der Waals surface area contributed by atoms with Gasteiger partial charge in [0.25, 0.3) is 0 Å². The molecular weight excluding hydrogens is 328 g/mol. The Bertz CT molecular complexity index is 704. The van der Waals surface area contributed by atoms with Gasteiger partial charge in [-0.25, -0.2) is 9.97 Å². The second-order valence-electron chi connectivity index (χ2n) is 6.96. The lowest BCUT2D eigenvalue weighted by Gasteiger charge is -2.33. The van der Waals surface area contributed by atoms with E-state index in [1.54, 1.807) is 11.3 Å². The maximum absolute atomic E-state index is 4.58. The molecule has 0 saturated heterocycles. The second-order valence-corrected chi connectivity index (χ2v) is 7.74. The van der Waals surface area contributed by atoms with Crippen molar-refractivity contribution in [2.75, 3.05) is 32.6 Å². The average Bonchev–Trinajstić information content (AvgIpc) is 3.16. The highest BCUT2D eigenvalue weighted by Crippen LogP contribution is 2.28. The summed E-state index contributed by atoms with van der Waals surface area (Å²) in [6.07, 6.45) is 8.52. The first-order valence-electron chi connectivity index (χ1n) is 8.84. The molecule has 1 aliphatic carbocycles. The van der Waals surface area contributed by atoms with Gasteiger partial charge in [0, 0.05) is 37.0 Å². The van der Waals surface area contributed by atoms with E-state index in [0.717, 1.165) is 30.9 Å². The quantitative estimate of drug-likeness (QED) is 0.783. The Morgan fingerprint density at radius 1 is 1.08 bits per heavy atom. The van der Waals surface area contributed by atoms with E-state index >= 15 is 0 Å². The van der Waals surface area contributed by atoms with Gasteiger partial charge in [-0.05, 0) is 62.2 Å². The molecule has 1 saturated carbocycles. The van der Waals surface area contributed by atoms with E-state index in [0.29, 0.717) is 12.0 Å². The third kappa shape index (κ3) is 4.81. The van der Waals surface area contributed by atoms with Crippen molar-refractivity contribution in [2.45, 2.75) is 31.7 Å². The van der Waals surface area contributed by atoms with Crippen molar-refractivity contribution in [3.8, 4) is 23.0 Å². The molecule has 25 heavy (non-hydrogen) atoms. The third-order valence-electron chi connectivity index (χ3n) is 4.75. The van der Waals surface area contributed by atoms with E-state index in [4.69, 9.17) is 0 Å². The number of hydrogen-bond donors (Lipinski definition) is 0. The van der Waals surface area contributed by atoms with Crippen LogP contribution in [0.5, 0.6) is 0 Å². The molecule has 0 spiro atoms. The van der Waals surface area contributed by atoms with E-state index in [9.17, 15) is 0 Å². The van der Waals surface area contributed by atoms with Gasteiger partial charge in [-0.15, -0.1) is 0 Å². The molecule has 2 aromatic rings. The molecule has 3 rings (SSSR count). The first kappa shape index (κ1) is 17.9. The monoisotopic (exact) mass is 354 g/mol. The SMILES string of the molecule is CN(C)CC#C[C@H]1CC[C@H](N(C)c2ncc(-c3ccsc3)cn2)CC1. The summed E-state index contributed by atoms with van der Waals surface area (Å²) in [5.41, 5.74) is 2.27. The summed E-state index contributed by atoms with van der Waals surface area (Å²) in [6.45, 7) is 0.851. The molecule has 0 radical (unpaired) electrons. The molecule has 0 N–H and O–H groups in total. The number of rotatable bonds is 4. The van der Waals surface area contributed by atoms with Gasteiger partial charge in [-0.1, -0.05) is 11.8 Å². The molecule has 0 bridgehead atoms. The first-order chi connectivity index (χ1) is 12.1. The molecule has 4 nitrogen and oxygen atoms in total. The molecule has 5 heteroatoms. The summed E-state index contributed by atoms with van der Waals surface area (Å²) in [4.78, 5) is 13.5. The van der Waals surface area contributed by atoms with Crippen molar-refractivity contribution in [3.63, 3.8) is 0 Å². The summed E-state index contributed by atoms with van der Waals surface area (Å²) < 4.78 is 0. The predicted octanol–water partition coefficient (Wildman–Crippen LogP) is 3.77. The summed E-state index contributed by atoms with van der Waals surface area (Å²) in [7, 11) is 6.23. The molecule has 0 aromatic carbocycles. The summed E-state index contributed by atoms with van der Waals surface area (Å²) in [6, 6.07) is 2.62. The first-order valence-corrected chi connectivity index (χ1v) is 9.78. The normalized spacial score (nSPS) is 20.2. The van der Waals surface area contributed by atoms with E-state index in [1.807, 2.05) is 12.4 Å². The summed E-state index contributed by atoms with van der Waals surface area (Å²) in [5, 5.41) is 4.20. The van der Waals surface area contributed by atoms with Crippen molar-refractivity contribution >= 4 is 17.3 Å². The van der Waals surface area contributed by atoms with Crippen LogP contribution in [0.2, 0.25) is 0 Å². The average molecular weight is 355 g/mol. The fourth-order valence-electron chi connectivity index (χ4n) is 3.20. The predicted molar refractivity (Wildman–Crippen MR) is 106 cm³/mol. The third-order valence-corrected chi connectivity index (χ3v) is 5.44. The van der Waals surface area contributed by atoms with Crippen molar-refractivity contribution in [1.82, 2.24) is 14.9 Å². The fraction of sp³-hybridized carbons (Fsp3) is 0.500. The zero-order chi connectivity index (χ0) is 17.6. The van der Waals surface area contributed by atoms with Crippen LogP contribution in [-0.2, 0) is 0 Å².